The average Bonchev–Trinajstić information content (AvgIpc) is 2.91. The Hall–Kier alpha value is -4.24. The SMILES string of the molecule is CCc1ccccc1NC(=O)N(Cc1ccc(F)cc1)Cc1ccc(OS(=O)(=O)c2ccc(F)cc2)cc1. The molecule has 1 N–H and O–H groups in total. The zero-order valence-corrected chi connectivity index (χ0v) is 21.4. The van der Waals surface area contributed by atoms with Crippen molar-refractivity contribution in [2.75, 3.05) is 5.32 Å². The normalized spacial score (nSPS) is 11.1. The van der Waals surface area contributed by atoms with Crippen molar-refractivity contribution in [3.8, 4) is 5.75 Å². The Morgan fingerprint density at radius 1 is 0.789 bits per heavy atom. The van der Waals surface area contributed by atoms with E-state index in [1.54, 1.807) is 29.2 Å². The molecule has 0 atom stereocenters. The lowest BCUT2D eigenvalue weighted by Gasteiger charge is -2.24. The maximum absolute atomic E-state index is 13.4. The number of anilines is 1. The number of carbonyl (C=O) groups excluding carboxylic acids is 1. The highest BCUT2D eigenvalue weighted by atomic mass is 32.2. The zero-order valence-electron chi connectivity index (χ0n) is 20.6. The highest BCUT2D eigenvalue weighted by Gasteiger charge is 2.19. The molecule has 0 heterocycles. The molecule has 4 aromatic rings. The van der Waals surface area contributed by atoms with Gasteiger partial charge in [0.15, 0.2) is 0 Å². The molecular weight excluding hydrogens is 510 g/mol. The van der Waals surface area contributed by atoms with E-state index in [1.165, 1.54) is 24.3 Å². The van der Waals surface area contributed by atoms with E-state index in [9.17, 15) is 22.0 Å². The molecule has 0 fully saturated rings. The van der Waals surface area contributed by atoms with Gasteiger partial charge < -0.3 is 14.4 Å². The van der Waals surface area contributed by atoms with Gasteiger partial charge in [-0.3, -0.25) is 0 Å². The van der Waals surface area contributed by atoms with E-state index >= 15 is 0 Å². The molecule has 0 aliphatic rings. The minimum atomic E-state index is -4.14. The lowest BCUT2D eigenvalue weighted by molar-refractivity contribution is 0.206. The molecule has 2 amide bonds. The van der Waals surface area contributed by atoms with E-state index in [0.29, 0.717) is 5.69 Å². The van der Waals surface area contributed by atoms with E-state index in [-0.39, 0.29) is 35.6 Å². The topological polar surface area (TPSA) is 75.7 Å². The van der Waals surface area contributed by atoms with Gasteiger partial charge in [-0.1, -0.05) is 49.4 Å². The van der Waals surface area contributed by atoms with Crippen LogP contribution in [0.2, 0.25) is 0 Å². The van der Waals surface area contributed by atoms with Crippen molar-refractivity contribution in [1.82, 2.24) is 4.90 Å². The molecule has 0 aromatic heterocycles. The van der Waals surface area contributed by atoms with Crippen LogP contribution in [0.1, 0.15) is 23.6 Å². The molecule has 4 aromatic carbocycles. The Bertz CT molecular complexity index is 1490. The van der Waals surface area contributed by atoms with Gasteiger partial charge in [0.05, 0.1) is 0 Å². The molecule has 0 unspecified atom stereocenters. The van der Waals surface area contributed by atoms with Crippen molar-refractivity contribution in [1.29, 1.82) is 0 Å². The van der Waals surface area contributed by atoms with Crippen LogP contribution in [-0.2, 0) is 29.6 Å². The molecule has 38 heavy (non-hydrogen) atoms. The van der Waals surface area contributed by atoms with Gasteiger partial charge in [0, 0.05) is 18.8 Å². The molecule has 0 saturated heterocycles. The average molecular weight is 537 g/mol. The van der Waals surface area contributed by atoms with E-state index in [2.05, 4.69) is 5.32 Å². The van der Waals surface area contributed by atoms with Gasteiger partial charge in [-0.05, 0) is 77.7 Å². The van der Waals surface area contributed by atoms with Gasteiger partial charge in [0.1, 0.15) is 22.3 Å². The summed E-state index contributed by atoms with van der Waals surface area (Å²) in [5, 5.41) is 2.96. The fourth-order valence-corrected chi connectivity index (χ4v) is 4.73. The number of hydrogen-bond acceptors (Lipinski definition) is 4. The smallest absolute Gasteiger partial charge is 0.339 e. The maximum Gasteiger partial charge on any atom is 0.339 e. The summed E-state index contributed by atoms with van der Waals surface area (Å²) in [6.07, 6.45) is 0.747. The monoisotopic (exact) mass is 536 g/mol. The van der Waals surface area contributed by atoms with Crippen LogP contribution in [-0.4, -0.2) is 19.3 Å². The first kappa shape index (κ1) is 26.8. The van der Waals surface area contributed by atoms with Gasteiger partial charge in [0.25, 0.3) is 0 Å². The number of urea groups is 1. The van der Waals surface area contributed by atoms with Crippen LogP contribution in [0.15, 0.2) is 102 Å². The number of hydrogen-bond donors (Lipinski definition) is 1. The van der Waals surface area contributed by atoms with Crippen molar-refractivity contribution < 1.29 is 26.2 Å². The summed E-state index contributed by atoms with van der Waals surface area (Å²) >= 11 is 0. The predicted molar refractivity (Wildman–Crippen MR) is 141 cm³/mol. The van der Waals surface area contributed by atoms with Crippen molar-refractivity contribution in [3.63, 3.8) is 0 Å². The number of halogens is 2. The van der Waals surface area contributed by atoms with Gasteiger partial charge in [-0.25, -0.2) is 13.6 Å². The van der Waals surface area contributed by atoms with Crippen molar-refractivity contribution in [2.45, 2.75) is 31.3 Å². The van der Waals surface area contributed by atoms with Crippen LogP contribution in [0.3, 0.4) is 0 Å². The second kappa shape index (κ2) is 11.9. The highest BCUT2D eigenvalue weighted by Crippen LogP contribution is 2.22. The first-order valence-corrected chi connectivity index (χ1v) is 13.3. The zero-order chi connectivity index (χ0) is 27.1. The fraction of sp³-hybridized carbons (Fsp3) is 0.138. The first-order chi connectivity index (χ1) is 18.2. The van der Waals surface area contributed by atoms with E-state index < -0.39 is 15.9 Å². The number of para-hydroxylation sites is 1. The van der Waals surface area contributed by atoms with Crippen molar-refractivity contribution in [2.24, 2.45) is 0 Å². The Morgan fingerprint density at radius 2 is 1.32 bits per heavy atom. The number of nitrogens with zero attached hydrogens (tertiary/aromatic N) is 1. The lowest BCUT2D eigenvalue weighted by atomic mass is 10.1. The molecule has 196 valence electrons. The molecule has 0 aliphatic heterocycles. The molecule has 4 rings (SSSR count). The Labute approximate surface area is 220 Å². The minimum Gasteiger partial charge on any atom is -0.379 e. The Kier molecular flexibility index (Phi) is 8.38. The van der Waals surface area contributed by atoms with Crippen LogP contribution < -0.4 is 9.50 Å². The summed E-state index contributed by atoms with van der Waals surface area (Å²) < 4.78 is 56.7. The van der Waals surface area contributed by atoms with Crippen molar-refractivity contribution in [3.05, 3.63) is 125 Å². The van der Waals surface area contributed by atoms with Gasteiger partial charge >= 0.3 is 16.1 Å². The van der Waals surface area contributed by atoms with Crippen LogP contribution >= 0.6 is 0 Å². The summed E-state index contributed by atoms with van der Waals surface area (Å²) in [4.78, 5) is 14.7. The van der Waals surface area contributed by atoms with Gasteiger partial charge in [-0.2, -0.15) is 8.42 Å². The molecule has 0 spiro atoms. The second-order valence-electron chi connectivity index (χ2n) is 8.56. The largest absolute Gasteiger partial charge is 0.379 e. The standard InChI is InChI=1S/C29H26F2N2O4S/c1-2-23-5-3-4-6-28(23)32-29(34)33(19-21-7-11-24(30)12-8-21)20-22-9-15-26(16-10-22)37-38(35,36)27-17-13-25(31)14-18-27/h3-18H,2,19-20H2,1H3,(H,32,34). The number of benzene rings is 4. The number of aryl methyl sites for hydroxylation is 1. The minimum absolute atomic E-state index is 0.0736. The summed E-state index contributed by atoms with van der Waals surface area (Å²) in [5.74, 6) is -0.849. The molecular formula is C29H26F2N2O4S. The summed E-state index contributed by atoms with van der Waals surface area (Å²) in [7, 11) is -4.14. The van der Waals surface area contributed by atoms with Gasteiger partial charge in [0.2, 0.25) is 0 Å². The summed E-state index contributed by atoms with van der Waals surface area (Å²) in [5.41, 5.74) is 3.17. The Morgan fingerprint density at radius 3 is 1.89 bits per heavy atom. The van der Waals surface area contributed by atoms with Crippen molar-refractivity contribution >= 4 is 21.8 Å². The van der Waals surface area contributed by atoms with Crippen LogP contribution in [0.4, 0.5) is 19.3 Å². The first-order valence-electron chi connectivity index (χ1n) is 11.9. The highest BCUT2D eigenvalue weighted by molar-refractivity contribution is 7.87. The predicted octanol–water partition coefficient (Wildman–Crippen LogP) is 6.53. The third-order valence-electron chi connectivity index (χ3n) is 5.82. The van der Waals surface area contributed by atoms with E-state index in [0.717, 1.165) is 47.4 Å². The quantitative estimate of drug-likeness (QED) is 0.247. The summed E-state index contributed by atoms with van der Waals surface area (Å²) in [6, 6.07) is 23.7. The molecule has 0 radical (unpaired) electrons. The summed E-state index contributed by atoms with van der Waals surface area (Å²) in [6.45, 7) is 2.42. The third kappa shape index (κ3) is 6.95. The van der Waals surface area contributed by atoms with E-state index in [1.807, 2.05) is 31.2 Å². The molecule has 0 bridgehead atoms. The van der Waals surface area contributed by atoms with Crippen LogP contribution in [0.5, 0.6) is 5.75 Å². The fourth-order valence-electron chi connectivity index (χ4n) is 3.80. The molecule has 0 saturated carbocycles. The van der Waals surface area contributed by atoms with E-state index in [4.69, 9.17) is 4.18 Å². The van der Waals surface area contributed by atoms with Crippen LogP contribution in [0.25, 0.3) is 0 Å². The number of carbonyl (C=O) groups is 1. The molecule has 9 heteroatoms. The second-order valence-corrected chi connectivity index (χ2v) is 10.1. The van der Waals surface area contributed by atoms with Crippen LogP contribution in [0, 0.1) is 11.6 Å². The maximum atomic E-state index is 13.4. The number of nitrogens with one attached hydrogen (secondary N) is 1. The van der Waals surface area contributed by atoms with Gasteiger partial charge in [-0.15, -0.1) is 0 Å². The number of amides is 2. The molecule has 0 aliphatic carbocycles. The lowest BCUT2D eigenvalue weighted by Crippen LogP contribution is -2.34. The Balaban J connectivity index is 1.51. The number of rotatable bonds is 9. The third-order valence-corrected chi connectivity index (χ3v) is 7.08. The molecule has 6 nitrogen and oxygen atoms in total.